The Morgan fingerprint density at radius 3 is 2.25 bits per heavy atom. The monoisotopic (exact) mass is 174 g/mol. The minimum Gasteiger partial charge on any atom is -0.396 e. The Hall–Kier alpha value is -0.0800. The van der Waals surface area contributed by atoms with Gasteiger partial charge in [-0.05, 0) is 25.2 Å². The van der Waals surface area contributed by atoms with Crippen molar-refractivity contribution in [2.24, 2.45) is 5.92 Å². The van der Waals surface area contributed by atoms with E-state index in [0.717, 1.165) is 19.3 Å². The number of ether oxygens (including phenoxy) is 1. The van der Waals surface area contributed by atoms with Crippen LogP contribution in [-0.2, 0) is 4.74 Å². The highest BCUT2D eigenvalue weighted by atomic mass is 16.5. The van der Waals surface area contributed by atoms with Gasteiger partial charge in [0.25, 0.3) is 0 Å². The summed E-state index contributed by atoms with van der Waals surface area (Å²) in [6.07, 6.45) is 4.58. The van der Waals surface area contributed by atoms with Crippen LogP contribution < -0.4 is 0 Å². The molecule has 0 rings (SSSR count). The predicted molar refractivity (Wildman–Crippen MR) is 51.2 cm³/mol. The molecule has 0 radical (unpaired) electrons. The van der Waals surface area contributed by atoms with Crippen molar-refractivity contribution >= 4 is 0 Å². The second kappa shape index (κ2) is 7.56. The number of hydrogen-bond donors (Lipinski definition) is 1. The molecule has 0 aromatic rings. The van der Waals surface area contributed by atoms with Gasteiger partial charge in [-0.25, -0.2) is 0 Å². The van der Waals surface area contributed by atoms with E-state index in [0.29, 0.717) is 12.0 Å². The summed E-state index contributed by atoms with van der Waals surface area (Å²) in [4.78, 5) is 0. The van der Waals surface area contributed by atoms with Crippen molar-refractivity contribution in [3.63, 3.8) is 0 Å². The summed E-state index contributed by atoms with van der Waals surface area (Å²) in [6, 6.07) is 0. The van der Waals surface area contributed by atoms with Gasteiger partial charge in [-0.3, -0.25) is 0 Å². The molecule has 0 fully saturated rings. The molecule has 12 heavy (non-hydrogen) atoms. The summed E-state index contributed by atoms with van der Waals surface area (Å²) in [5.74, 6) is 0.537. The van der Waals surface area contributed by atoms with Gasteiger partial charge in [-0.2, -0.15) is 0 Å². The van der Waals surface area contributed by atoms with Crippen molar-refractivity contribution in [2.45, 2.75) is 45.6 Å². The molecular weight excluding hydrogens is 152 g/mol. The molecule has 0 spiro atoms. The maximum absolute atomic E-state index is 8.85. The molecule has 1 unspecified atom stereocenters. The largest absolute Gasteiger partial charge is 0.396 e. The average Bonchev–Trinajstić information content (AvgIpc) is 2.07. The number of aliphatic hydroxyl groups is 1. The SMILES string of the molecule is CCC[C@H](CCO)C(CC)OC. The summed E-state index contributed by atoms with van der Waals surface area (Å²) < 4.78 is 5.36. The fraction of sp³-hybridized carbons (Fsp3) is 1.00. The van der Waals surface area contributed by atoms with Crippen molar-refractivity contribution in [1.29, 1.82) is 0 Å². The lowest BCUT2D eigenvalue weighted by Crippen LogP contribution is -2.23. The van der Waals surface area contributed by atoms with Crippen molar-refractivity contribution in [3.8, 4) is 0 Å². The number of hydrogen-bond acceptors (Lipinski definition) is 2. The fourth-order valence-corrected chi connectivity index (χ4v) is 1.75. The van der Waals surface area contributed by atoms with Gasteiger partial charge < -0.3 is 9.84 Å². The molecule has 0 aliphatic heterocycles. The van der Waals surface area contributed by atoms with E-state index in [4.69, 9.17) is 9.84 Å². The van der Waals surface area contributed by atoms with Crippen molar-refractivity contribution < 1.29 is 9.84 Å². The summed E-state index contributed by atoms with van der Waals surface area (Å²) in [6.45, 7) is 4.59. The quantitative estimate of drug-likeness (QED) is 0.641. The zero-order valence-electron chi connectivity index (χ0n) is 8.55. The van der Waals surface area contributed by atoms with Crippen molar-refractivity contribution in [1.82, 2.24) is 0 Å². The standard InChI is InChI=1S/C10H22O2/c1-4-6-9(7-8-11)10(5-2)12-3/h9-11H,4-8H2,1-3H3/t9-,10?/m1/s1. The summed E-state index contributed by atoms with van der Waals surface area (Å²) >= 11 is 0. The maximum Gasteiger partial charge on any atom is 0.0597 e. The highest BCUT2D eigenvalue weighted by molar-refractivity contribution is 4.68. The smallest absolute Gasteiger partial charge is 0.0597 e. The minimum atomic E-state index is 0.282. The summed E-state index contributed by atoms with van der Waals surface area (Å²) in [5.41, 5.74) is 0. The lowest BCUT2D eigenvalue weighted by Gasteiger charge is -2.23. The second-order valence-electron chi connectivity index (χ2n) is 3.24. The van der Waals surface area contributed by atoms with E-state index in [1.54, 1.807) is 7.11 Å². The molecule has 0 saturated heterocycles. The summed E-state index contributed by atoms with van der Waals surface area (Å²) in [7, 11) is 1.76. The molecule has 0 heterocycles. The third-order valence-electron chi connectivity index (χ3n) is 2.39. The minimum absolute atomic E-state index is 0.282. The van der Waals surface area contributed by atoms with Gasteiger partial charge in [-0.15, -0.1) is 0 Å². The molecule has 2 atom stereocenters. The molecule has 0 aliphatic rings. The highest BCUT2D eigenvalue weighted by Crippen LogP contribution is 2.20. The maximum atomic E-state index is 8.85. The molecule has 2 nitrogen and oxygen atoms in total. The zero-order chi connectivity index (χ0) is 9.40. The molecule has 0 aromatic carbocycles. The lowest BCUT2D eigenvalue weighted by atomic mass is 9.92. The molecule has 74 valence electrons. The van der Waals surface area contributed by atoms with Gasteiger partial charge in [0.15, 0.2) is 0 Å². The first-order valence-corrected chi connectivity index (χ1v) is 4.93. The van der Waals surface area contributed by atoms with Crippen LogP contribution in [0.4, 0.5) is 0 Å². The van der Waals surface area contributed by atoms with Crippen LogP contribution in [0.25, 0.3) is 0 Å². The summed E-state index contributed by atoms with van der Waals surface area (Å²) in [5, 5.41) is 8.85. The van der Waals surface area contributed by atoms with Gasteiger partial charge in [0.05, 0.1) is 6.10 Å². The van der Waals surface area contributed by atoms with Crippen LogP contribution >= 0.6 is 0 Å². The first kappa shape index (κ1) is 11.9. The Morgan fingerprint density at radius 1 is 1.25 bits per heavy atom. The van der Waals surface area contributed by atoms with Crippen LogP contribution in [0.2, 0.25) is 0 Å². The van der Waals surface area contributed by atoms with E-state index in [2.05, 4.69) is 13.8 Å². The third-order valence-corrected chi connectivity index (χ3v) is 2.39. The topological polar surface area (TPSA) is 29.5 Å². The molecule has 0 amide bonds. The Bertz CT molecular complexity index is 83.8. The van der Waals surface area contributed by atoms with Crippen molar-refractivity contribution in [2.75, 3.05) is 13.7 Å². The normalized spacial score (nSPS) is 16.0. The number of rotatable bonds is 7. The Morgan fingerprint density at radius 2 is 1.92 bits per heavy atom. The van der Waals surface area contributed by atoms with Crippen molar-refractivity contribution in [3.05, 3.63) is 0 Å². The predicted octanol–water partition coefficient (Wildman–Crippen LogP) is 2.21. The van der Waals surface area contributed by atoms with Crippen LogP contribution in [0.3, 0.4) is 0 Å². The van der Waals surface area contributed by atoms with E-state index >= 15 is 0 Å². The first-order valence-electron chi connectivity index (χ1n) is 4.93. The Kier molecular flexibility index (Phi) is 7.51. The average molecular weight is 174 g/mol. The van der Waals surface area contributed by atoms with Crippen LogP contribution in [0.5, 0.6) is 0 Å². The lowest BCUT2D eigenvalue weighted by molar-refractivity contribution is 0.0346. The molecule has 0 aromatic heterocycles. The van der Waals surface area contributed by atoms with Crippen LogP contribution in [0.1, 0.15) is 39.5 Å². The number of methoxy groups -OCH3 is 1. The van der Waals surface area contributed by atoms with E-state index in [1.165, 1.54) is 6.42 Å². The molecule has 0 saturated carbocycles. The van der Waals surface area contributed by atoms with Crippen LogP contribution in [-0.4, -0.2) is 24.9 Å². The zero-order valence-corrected chi connectivity index (χ0v) is 8.55. The van der Waals surface area contributed by atoms with Crippen LogP contribution in [0, 0.1) is 5.92 Å². The molecule has 1 N–H and O–H groups in total. The second-order valence-corrected chi connectivity index (χ2v) is 3.24. The molecule has 0 bridgehead atoms. The van der Waals surface area contributed by atoms with Gasteiger partial charge in [0.2, 0.25) is 0 Å². The van der Waals surface area contributed by atoms with E-state index in [9.17, 15) is 0 Å². The highest BCUT2D eigenvalue weighted by Gasteiger charge is 2.17. The Labute approximate surface area is 75.9 Å². The van der Waals surface area contributed by atoms with E-state index < -0.39 is 0 Å². The van der Waals surface area contributed by atoms with E-state index in [1.807, 2.05) is 0 Å². The Balaban J connectivity index is 3.86. The number of aliphatic hydroxyl groups excluding tert-OH is 1. The van der Waals surface area contributed by atoms with Crippen LogP contribution in [0.15, 0.2) is 0 Å². The molecular formula is C10H22O2. The van der Waals surface area contributed by atoms with E-state index in [-0.39, 0.29) is 6.61 Å². The fourth-order valence-electron chi connectivity index (χ4n) is 1.75. The van der Waals surface area contributed by atoms with Gasteiger partial charge in [0, 0.05) is 13.7 Å². The first-order chi connectivity index (χ1) is 5.79. The van der Waals surface area contributed by atoms with Gasteiger partial charge in [0.1, 0.15) is 0 Å². The molecule has 0 aliphatic carbocycles. The molecule has 2 heteroatoms. The van der Waals surface area contributed by atoms with Gasteiger partial charge in [-0.1, -0.05) is 20.3 Å². The third kappa shape index (κ3) is 4.07. The van der Waals surface area contributed by atoms with Gasteiger partial charge >= 0.3 is 0 Å².